The van der Waals surface area contributed by atoms with Gasteiger partial charge in [0.2, 0.25) is 5.91 Å². The molecule has 1 atom stereocenters. The monoisotopic (exact) mass is 375 g/mol. The Labute approximate surface area is 160 Å². The number of amides is 2. The van der Waals surface area contributed by atoms with Crippen molar-refractivity contribution in [3.05, 3.63) is 23.8 Å². The maximum Gasteiger partial charge on any atom is 0.253 e. The van der Waals surface area contributed by atoms with Crippen molar-refractivity contribution < 1.29 is 19.1 Å². The van der Waals surface area contributed by atoms with E-state index in [0.717, 1.165) is 38.8 Å². The molecule has 0 bridgehead atoms. The van der Waals surface area contributed by atoms with Gasteiger partial charge in [0.1, 0.15) is 0 Å². The number of carbonyl (C=O) groups is 2. The highest BCUT2D eigenvalue weighted by Gasteiger charge is 2.28. The second-order valence-electron chi connectivity index (χ2n) is 7.19. The summed E-state index contributed by atoms with van der Waals surface area (Å²) in [5.74, 6) is 1.36. The topological polar surface area (TPSA) is 79.9 Å². The van der Waals surface area contributed by atoms with Crippen LogP contribution in [0.15, 0.2) is 18.2 Å². The third kappa shape index (κ3) is 4.71. The Morgan fingerprint density at radius 3 is 2.48 bits per heavy atom. The highest BCUT2D eigenvalue weighted by atomic mass is 16.5. The molecule has 0 radical (unpaired) electrons. The van der Waals surface area contributed by atoms with E-state index in [9.17, 15) is 9.59 Å². The van der Waals surface area contributed by atoms with Gasteiger partial charge in [-0.05, 0) is 50.4 Å². The lowest BCUT2D eigenvalue weighted by atomic mass is 9.97. The minimum Gasteiger partial charge on any atom is -0.493 e. The van der Waals surface area contributed by atoms with Gasteiger partial charge in [-0.25, -0.2) is 0 Å². The van der Waals surface area contributed by atoms with Crippen molar-refractivity contribution in [1.29, 1.82) is 0 Å². The average molecular weight is 375 g/mol. The summed E-state index contributed by atoms with van der Waals surface area (Å²) >= 11 is 0. The summed E-state index contributed by atoms with van der Waals surface area (Å²) in [5, 5.41) is 6.45. The molecule has 7 heteroatoms. The summed E-state index contributed by atoms with van der Waals surface area (Å²) in [6.45, 7) is 3.05. The van der Waals surface area contributed by atoms with Crippen LogP contribution in [0.1, 0.15) is 36.0 Å². The van der Waals surface area contributed by atoms with Gasteiger partial charge in [-0.1, -0.05) is 0 Å². The Balaban J connectivity index is 1.52. The molecular weight excluding hydrogens is 346 g/mol. The molecule has 0 spiro atoms. The van der Waals surface area contributed by atoms with Gasteiger partial charge >= 0.3 is 0 Å². The second-order valence-corrected chi connectivity index (χ2v) is 7.19. The summed E-state index contributed by atoms with van der Waals surface area (Å²) < 4.78 is 10.5. The minimum atomic E-state index is -0.0165. The van der Waals surface area contributed by atoms with Gasteiger partial charge in [-0.3, -0.25) is 9.59 Å². The van der Waals surface area contributed by atoms with Gasteiger partial charge < -0.3 is 25.0 Å². The molecule has 1 aromatic rings. The number of ether oxygens (including phenoxy) is 2. The number of nitrogens with zero attached hydrogens (tertiary/aromatic N) is 1. The van der Waals surface area contributed by atoms with Crippen LogP contribution in [0, 0.1) is 5.92 Å². The zero-order chi connectivity index (χ0) is 19.2. The van der Waals surface area contributed by atoms with Crippen LogP contribution in [-0.2, 0) is 4.79 Å². The number of piperidine rings is 2. The number of rotatable bonds is 5. The molecule has 0 aliphatic carbocycles. The molecule has 2 saturated heterocycles. The summed E-state index contributed by atoms with van der Waals surface area (Å²) in [5.41, 5.74) is 0.586. The van der Waals surface area contributed by atoms with E-state index in [1.54, 1.807) is 32.4 Å². The maximum atomic E-state index is 12.8. The van der Waals surface area contributed by atoms with Crippen molar-refractivity contribution in [2.75, 3.05) is 40.4 Å². The highest BCUT2D eigenvalue weighted by Crippen LogP contribution is 2.28. The highest BCUT2D eigenvalue weighted by molar-refractivity contribution is 5.95. The molecular formula is C20H29N3O4. The fraction of sp³-hybridized carbons (Fsp3) is 0.600. The molecule has 2 aliphatic rings. The van der Waals surface area contributed by atoms with Crippen LogP contribution in [0.3, 0.4) is 0 Å². The number of carbonyl (C=O) groups excluding carboxylic acids is 2. The first-order valence-electron chi connectivity index (χ1n) is 9.64. The summed E-state index contributed by atoms with van der Waals surface area (Å²) in [6, 6.07) is 5.37. The standard InChI is InChI=1S/C20H29N3O4/c1-26-17-6-5-14(12-18(17)27-2)20(25)23-10-7-16(8-11-23)22-19(24)15-4-3-9-21-13-15/h5-6,12,15-16,21H,3-4,7-11,13H2,1-2H3,(H,22,24). The van der Waals surface area contributed by atoms with Crippen molar-refractivity contribution in [2.24, 2.45) is 5.92 Å². The van der Waals surface area contributed by atoms with Crippen LogP contribution in [0.25, 0.3) is 0 Å². The fourth-order valence-corrected chi connectivity index (χ4v) is 3.77. The van der Waals surface area contributed by atoms with Crippen LogP contribution in [0.4, 0.5) is 0 Å². The molecule has 2 N–H and O–H groups in total. The van der Waals surface area contributed by atoms with Crippen LogP contribution < -0.4 is 20.1 Å². The quantitative estimate of drug-likeness (QED) is 0.814. The Morgan fingerprint density at radius 1 is 1.11 bits per heavy atom. The summed E-state index contributed by atoms with van der Waals surface area (Å²) in [6.07, 6.45) is 3.57. The summed E-state index contributed by atoms with van der Waals surface area (Å²) in [7, 11) is 3.13. The zero-order valence-electron chi connectivity index (χ0n) is 16.1. The largest absolute Gasteiger partial charge is 0.493 e. The van der Waals surface area contributed by atoms with Crippen LogP contribution in [-0.4, -0.2) is 63.2 Å². The van der Waals surface area contributed by atoms with Crippen molar-refractivity contribution in [3.8, 4) is 11.5 Å². The lowest BCUT2D eigenvalue weighted by molar-refractivity contribution is -0.126. The number of benzene rings is 1. The van der Waals surface area contributed by atoms with E-state index in [1.165, 1.54) is 0 Å². The Bertz CT molecular complexity index is 665. The van der Waals surface area contributed by atoms with Crippen molar-refractivity contribution in [1.82, 2.24) is 15.5 Å². The van der Waals surface area contributed by atoms with Crippen LogP contribution >= 0.6 is 0 Å². The van der Waals surface area contributed by atoms with E-state index in [0.29, 0.717) is 30.2 Å². The third-order valence-corrected chi connectivity index (χ3v) is 5.43. The summed E-state index contributed by atoms with van der Waals surface area (Å²) in [4.78, 5) is 27.0. The second kappa shape index (κ2) is 9.08. The predicted octanol–water partition coefficient (Wildman–Crippen LogP) is 1.42. The first-order valence-corrected chi connectivity index (χ1v) is 9.64. The molecule has 1 aromatic carbocycles. The molecule has 148 valence electrons. The fourth-order valence-electron chi connectivity index (χ4n) is 3.77. The SMILES string of the molecule is COc1ccc(C(=O)N2CCC(NC(=O)C3CCCNC3)CC2)cc1OC. The van der Waals surface area contributed by atoms with Gasteiger partial charge in [0.15, 0.2) is 11.5 Å². The van der Waals surface area contributed by atoms with Crippen LogP contribution in [0.2, 0.25) is 0 Å². The molecule has 1 unspecified atom stereocenters. The molecule has 27 heavy (non-hydrogen) atoms. The van der Waals surface area contributed by atoms with Crippen molar-refractivity contribution in [2.45, 2.75) is 31.7 Å². The van der Waals surface area contributed by atoms with Crippen molar-refractivity contribution >= 4 is 11.8 Å². The minimum absolute atomic E-state index is 0.0165. The van der Waals surface area contributed by atoms with E-state index in [-0.39, 0.29) is 23.8 Å². The Kier molecular flexibility index (Phi) is 6.55. The average Bonchev–Trinajstić information content (AvgIpc) is 2.73. The number of hydrogen-bond donors (Lipinski definition) is 2. The number of methoxy groups -OCH3 is 2. The van der Waals surface area contributed by atoms with Gasteiger partial charge in [-0.15, -0.1) is 0 Å². The van der Waals surface area contributed by atoms with Gasteiger partial charge in [0, 0.05) is 31.2 Å². The molecule has 2 fully saturated rings. The van der Waals surface area contributed by atoms with Gasteiger partial charge in [0.05, 0.1) is 20.1 Å². The van der Waals surface area contributed by atoms with Gasteiger partial charge in [0.25, 0.3) is 5.91 Å². The number of nitrogens with one attached hydrogen (secondary N) is 2. The van der Waals surface area contributed by atoms with E-state index < -0.39 is 0 Å². The van der Waals surface area contributed by atoms with Crippen molar-refractivity contribution in [3.63, 3.8) is 0 Å². The van der Waals surface area contributed by atoms with E-state index >= 15 is 0 Å². The Morgan fingerprint density at radius 2 is 1.85 bits per heavy atom. The molecule has 2 heterocycles. The number of likely N-dealkylation sites (tertiary alicyclic amines) is 1. The molecule has 7 nitrogen and oxygen atoms in total. The molecule has 2 aliphatic heterocycles. The number of hydrogen-bond acceptors (Lipinski definition) is 5. The normalized spacial score (nSPS) is 20.8. The zero-order valence-corrected chi connectivity index (χ0v) is 16.1. The molecule has 0 aromatic heterocycles. The molecule has 2 amide bonds. The maximum absolute atomic E-state index is 12.8. The lowest BCUT2D eigenvalue weighted by Crippen LogP contribution is -2.49. The predicted molar refractivity (Wildman–Crippen MR) is 102 cm³/mol. The smallest absolute Gasteiger partial charge is 0.253 e. The Hall–Kier alpha value is -2.28. The van der Waals surface area contributed by atoms with E-state index in [2.05, 4.69) is 10.6 Å². The van der Waals surface area contributed by atoms with Crippen LogP contribution in [0.5, 0.6) is 11.5 Å². The molecule has 3 rings (SSSR count). The third-order valence-electron chi connectivity index (χ3n) is 5.43. The first-order chi connectivity index (χ1) is 13.1. The lowest BCUT2D eigenvalue weighted by Gasteiger charge is -2.33. The molecule has 0 saturated carbocycles. The first kappa shape index (κ1) is 19.5. The van der Waals surface area contributed by atoms with E-state index in [1.807, 2.05) is 4.90 Å². The van der Waals surface area contributed by atoms with Gasteiger partial charge in [-0.2, -0.15) is 0 Å². The van der Waals surface area contributed by atoms with E-state index in [4.69, 9.17) is 9.47 Å².